The van der Waals surface area contributed by atoms with Crippen LogP contribution in [0.25, 0.3) is 11.6 Å². The van der Waals surface area contributed by atoms with Gasteiger partial charge < -0.3 is 9.47 Å². The van der Waals surface area contributed by atoms with Gasteiger partial charge in [-0.25, -0.2) is 0 Å². The Balaban J connectivity index is 1.89. The van der Waals surface area contributed by atoms with Crippen LogP contribution in [0.2, 0.25) is 10.0 Å². The van der Waals surface area contributed by atoms with Crippen LogP contribution in [0.15, 0.2) is 59.1 Å². The fraction of sp³-hybridized carbons (Fsp3) is 0.125. The minimum atomic E-state index is 0.265. The molecule has 3 rings (SSSR count). The first-order chi connectivity index (χ1) is 14.4. The van der Waals surface area contributed by atoms with E-state index < -0.39 is 0 Å². The lowest BCUT2D eigenvalue weighted by Gasteiger charge is -2.14. The molecule has 0 aliphatic carbocycles. The van der Waals surface area contributed by atoms with E-state index >= 15 is 0 Å². The van der Waals surface area contributed by atoms with Gasteiger partial charge in [0.2, 0.25) is 0 Å². The zero-order valence-corrected chi connectivity index (χ0v) is 19.5. The van der Waals surface area contributed by atoms with Gasteiger partial charge in [-0.15, -0.1) is 0 Å². The quantitative estimate of drug-likeness (QED) is 0.256. The van der Waals surface area contributed by atoms with E-state index in [1.807, 2.05) is 55.5 Å². The van der Waals surface area contributed by atoms with Gasteiger partial charge in [0, 0.05) is 20.1 Å². The number of allylic oxidation sites excluding steroid dienone is 1. The van der Waals surface area contributed by atoms with Crippen LogP contribution in [0.5, 0.6) is 11.5 Å². The Hall–Kier alpha value is -2.45. The Morgan fingerprint density at radius 2 is 1.80 bits per heavy atom. The maximum atomic E-state index is 9.63. The lowest BCUT2D eigenvalue weighted by molar-refractivity contribution is 0.284. The molecule has 30 heavy (non-hydrogen) atoms. The summed E-state index contributed by atoms with van der Waals surface area (Å²) >= 11 is 15.7. The van der Waals surface area contributed by atoms with Crippen LogP contribution < -0.4 is 9.47 Å². The van der Waals surface area contributed by atoms with Crippen LogP contribution in [0, 0.1) is 18.3 Å². The number of hydrogen-bond donors (Lipinski definition) is 0. The van der Waals surface area contributed by atoms with Crippen molar-refractivity contribution in [2.24, 2.45) is 0 Å². The Bertz CT molecular complexity index is 1140. The molecule has 6 heteroatoms. The SMILES string of the molecule is COc1cc(/C=C(/C#N)c2ccc(C)cc2)c(Br)cc1OCc1ccc(Cl)cc1Cl. The van der Waals surface area contributed by atoms with Gasteiger partial charge in [0.1, 0.15) is 6.61 Å². The van der Waals surface area contributed by atoms with Gasteiger partial charge in [0.05, 0.1) is 18.8 Å². The summed E-state index contributed by atoms with van der Waals surface area (Å²) in [6.45, 7) is 2.28. The van der Waals surface area contributed by atoms with Crippen LogP contribution in [-0.2, 0) is 6.61 Å². The molecule has 0 aliphatic rings. The summed E-state index contributed by atoms with van der Waals surface area (Å²) in [5, 5.41) is 10.7. The minimum Gasteiger partial charge on any atom is -0.493 e. The van der Waals surface area contributed by atoms with Crippen molar-refractivity contribution < 1.29 is 9.47 Å². The van der Waals surface area contributed by atoms with E-state index in [-0.39, 0.29) is 6.61 Å². The van der Waals surface area contributed by atoms with Gasteiger partial charge in [0.25, 0.3) is 0 Å². The van der Waals surface area contributed by atoms with Crippen molar-refractivity contribution in [2.45, 2.75) is 13.5 Å². The van der Waals surface area contributed by atoms with Crippen molar-refractivity contribution in [3.05, 3.63) is 91.4 Å². The topological polar surface area (TPSA) is 42.2 Å². The van der Waals surface area contributed by atoms with Crippen molar-refractivity contribution in [1.29, 1.82) is 5.26 Å². The van der Waals surface area contributed by atoms with E-state index in [4.69, 9.17) is 32.7 Å². The second-order valence-electron chi connectivity index (χ2n) is 6.58. The molecule has 0 amide bonds. The summed E-state index contributed by atoms with van der Waals surface area (Å²) in [6, 6.07) is 19.0. The Labute approximate surface area is 194 Å². The fourth-order valence-corrected chi connectivity index (χ4v) is 3.70. The first-order valence-electron chi connectivity index (χ1n) is 9.04. The summed E-state index contributed by atoms with van der Waals surface area (Å²) in [5.41, 5.74) is 4.17. The van der Waals surface area contributed by atoms with Crippen LogP contribution in [0.3, 0.4) is 0 Å². The fourth-order valence-electron chi connectivity index (χ4n) is 2.80. The Kier molecular flexibility index (Phi) is 7.44. The van der Waals surface area contributed by atoms with Gasteiger partial charge in [-0.05, 0) is 48.4 Å². The second-order valence-corrected chi connectivity index (χ2v) is 8.28. The van der Waals surface area contributed by atoms with Crippen LogP contribution in [-0.4, -0.2) is 7.11 Å². The average molecular weight is 503 g/mol. The summed E-state index contributed by atoms with van der Waals surface area (Å²) in [4.78, 5) is 0. The van der Waals surface area contributed by atoms with Gasteiger partial charge >= 0.3 is 0 Å². The van der Waals surface area contributed by atoms with E-state index in [1.165, 1.54) is 0 Å². The molecule has 0 aromatic heterocycles. The van der Waals surface area contributed by atoms with Crippen molar-refractivity contribution in [1.82, 2.24) is 0 Å². The van der Waals surface area contributed by atoms with Crippen LogP contribution in [0.4, 0.5) is 0 Å². The number of nitriles is 1. The van der Waals surface area contributed by atoms with Crippen molar-refractivity contribution in [2.75, 3.05) is 7.11 Å². The molecule has 3 aromatic carbocycles. The predicted octanol–water partition coefficient (Wildman–Crippen LogP) is 7.72. The molecule has 152 valence electrons. The van der Waals surface area contributed by atoms with Gasteiger partial charge in [-0.1, -0.05) is 75.0 Å². The van der Waals surface area contributed by atoms with E-state index in [0.29, 0.717) is 27.1 Å². The third-order valence-corrected chi connectivity index (χ3v) is 5.74. The summed E-state index contributed by atoms with van der Waals surface area (Å²) in [5.74, 6) is 1.11. The van der Waals surface area contributed by atoms with Gasteiger partial charge in [-0.2, -0.15) is 5.26 Å². The molecular formula is C24H18BrCl2NO2. The molecule has 0 saturated heterocycles. The summed E-state index contributed by atoms with van der Waals surface area (Å²) < 4.78 is 12.2. The van der Waals surface area contributed by atoms with E-state index in [0.717, 1.165) is 26.7 Å². The molecule has 3 nitrogen and oxygen atoms in total. The predicted molar refractivity (Wildman–Crippen MR) is 126 cm³/mol. The molecular weight excluding hydrogens is 485 g/mol. The average Bonchev–Trinajstić information content (AvgIpc) is 2.73. The zero-order valence-electron chi connectivity index (χ0n) is 16.4. The number of rotatable bonds is 6. The maximum absolute atomic E-state index is 9.63. The van der Waals surface area contributed by atoms with E-state index in [9.17, 15) is 5.26 Å². The highest BCUT2D eigenvalue weighted by molar-refractivity contribution is 9.10. The highest BCUT2D eigenvalue weighted by Crippen LogP contribution is 2.36. The Morgan fingerprint density at radius 1 is 1.07 bits per heavy atom. The third kappa shape index (κ3) is 5.37. The number of nitrogens with zero attached hydrogens (tertiary/aromatic N) is 1. The summed E-state index contributed by atoms with van der Waals surface area (Å²) in [6.07, 6.45) is 1.82. The molecule has 0 heterocycles. The van der Waals surface area contributed by atoms with Gasteiger partial charge in [-0.3, -0.25) is 0 Å². The molecule has 3 aromatic rings. The monoisotopic (exact) mass is 501 g/mol. The second kappa shape index (κ2) is 10.0. The third-order valence-electron chi connectivity index (χ3n) is 4.46. The molecule has 0 fully saturated rings. The highest BCUT2D eigenvalue weighted by Gasteiger charge is 2.12. The van der Waals surface area contributed by atoms with Crippen LogP contribution in [0.1, 0.15) is 22.3 Å². The van der Waals surface area contributed by atoms with Crippen molar-refractivity contribution in [3.63, 3.8) is 0 Å². The molecule has 0 unspecified atom stereocenters. The largest absolute Gasteiger partial charge is 0.493 e. The normalized spacial score (nSPS) is 11.1. The lowest BCUT2D eigenvalue weighted by Crippen LogP contribution is -1.99. The minimum absolute atomic E-state index is 0.265. The van der Waals surface area contributed by atoms with Gasteiger partial charge in [0.15, 0.2) is 11.5 Å². The summed E-state index contributed by atoms with van der Waals surface area (Å²) in [7, 11) is 1.57. The first-order valence-corrected chi connectivity index (χ1v) is 10.6. The van der Waals surface area contributed by atoms with E-state index in [2.05, 4.69) is 22.0 Å². The molecule has 0 aliphatic heterocycles. The Morgan fingerprint density at radius 3 is 2.43 bits per heavy atom. The molecule has 0 bridgehead atoms. The number of aryl methyl sites for hydroxylation is 1. The lowest BCUT2D eigenvalue weighted by atomic mass is 10.0. The van der Waals surface area contributed by atoms with Crippen molar-refractivity contribution in [3.8, 4) is 17.6 Å². The molecule has 0 radical (unpaired) electrons. The number of ether oxygens (including phenoxy) is 2. The highest BCUT2D eigenvalue weighted by atomic mass is 79.9. The van der Waals surface area contributed by atoms with E-state index in [1.54, 1.807) is 19.2 Å². The molecule has 0 N–H and O–H groups in total. The smallest absolute Gasteiger partial charge is 0.162 e. The zero-order chi connectivity index (χ0) is 21.7. The number of benzene rings is 3. The molecule has 0 saturated carbocycles. The van der Waals surface area contributed by atoms with Crippen molar-refractivity contribution >= 4 is 50.8 Å². The first kappa shape index (κ1) is 22.2. The number of halogens is 3. The number of methoxy groups -OCH3 is 1. The van der Waals surface area contributed by atoms with Crippen LogP contribution >= 0.6 is 39.1 Å². The standard InChI is InChI=1S/C24H18BrCl2NO2/c1-15-3-5-16(6-4-15)19(13-28)9-18-10-23(29-2)24(12-21(18)25)30-14-17-7-8-20(26)11-22(17)27/h3-12H,14H2,1-2H3/b19-9-. The molecule has 0 atom stereocenters. The molecule has 0 spiro atoms. The number of hydrogen-bond acceptors (Lipinski definition) is 3. The maximum Gasteiger partial charge on any atom is 0.162 e.